The SMILES string of the molecule is CC(C)c1ncc(N2CC(F)C2)c2cnccc12. The summed E-state index contributed by atoms with van der Waals surface area (Å²) in [5, 5.41) is 2.20. The van der Waals surface area contributed by atoms with Gasteiger partial charge in [0.15, 0.2) is 0 Å². The van der Waals surface area contributed by atoms with E-state index >= 15 is 0 Å². The third kappa shape index (κ3) is 1.72. The van der Waals surface area contributed by atoms with Crippen LogP contribution in [0.4, 0.5) is 10.1 Å². The first-order valence-electron chi connectivity index (χ1n) is 6.28. The van der Waals surface area contributed by atoms with E-state index in [-0.39, 0.29) is 0 Å². The van der Waals surface area contributed by atoms with E-state index in [1.54, 1.807) is 6.20 Å². The Morgan fingerprint density at radius 3 is 2.72 bits per heavy atom. The lowest BCUT2D eigenvalue weighted by molar-refractivity contribution is 0.275. The van der Waals surface area contributed by atoms with Crippen molar-refractivity contribution in [2.45, 2.75) is 25.9 Å². The van der Waals surface area contributed by atoms with Crippen LogP contribution >= 0.6 is 0 Å². The van der Waals surface area contributed by atoms with E-state index in [1.165, 1.54) is 0 Å². The van der Waals surface area contributed by atoms with Crippen molar-refractivity contribution in [1.82, 2.24) is 9.97 Å². The molecule has 18 heavy (non-hydrogen) atoms. The van der Waals surface area contributed by atoms with Crippen LogP contribution < -0.4 is 4.90 Å². The van der Waals surface area contributed by atoms with Gasteiger partial charge in [-0.25, -0.2) is 4.39 Å². The predicted molar refractivity (Wildman–Crippen MR) is 70.7 cm³/mol. The summed E-state index contributed by atoms with van der Waals surface area (Å²) in [5.74, 6) is 0.370. The monoisotopic (exact) mass is 245 g/mol. The number of nitrogens with zero attached hydrogens (tertiary/aromatic N) is 3. The first-order valence-corrected chi connectivity index (χ1v) is 6.28. The average Bonchev–Trinajstić information content (AvgIpc) is 2.33. The fraction of sp³-hybridized carbons (Fsp3) is 0.429. The zero-order valence-electron chi connectivity index (χ0n) is 10.6. The number of fused-ring (bicyclic) bond motifs is 1. The average molecular weight is 245 g/mol. The lowest BCUT2D eigenvalue weighted by atomic mass is 10.0. The van der Waals surface area contributed by atoms with Crippen LogP contribution in [0, 0.1) is 0 Å². The molecule has 3 nitrogen and oxygen atoms in total. The molecule has 0 unspecified atom stereocenters. The number of rotatable bonds is 2. The van der Waals surface area contributed by atoms with Crippen molar-refractivity contribution < 1.29 is 4.39 Å². The maximum Gasteiger partial charge on any atom is 0.135 e. The summed E-state index contributed by atoms with van der Waals surface area (Å²) in [6.45, 7) is 5.19. The Labute approximate surface area is 106 Å². The zero-order valence-corrected chi connectivity index (χ0v) is 10.6. The molecular weight excluding hydrogens is 229 g/mol. The molecule has 0 spiro atoms. The Kier molecular flexibility index (Phi) is 2.65. The number of anilines is 1. The van der Waals surface area contributed by atoms with Crippen LogP contribution in [-0.4, -0.2) is 29.2 Å². The van der Waals surface area contributed by atoms with Gasteiger partial charge < -0.3 is 4.90 Å². The van der Waals surface area contributed by atoms with E-state index < -0.39 is 6.17 Å². The second-order valence-electron chi connectivity index (χ2n) is 5.11. The molecule has 94 valence electrons. The van der Waals surface area contributed by atoms with Crippen LogP contribution in [0.15, 0.2) is 24.7 Å². The number of alkyl halides is 1. The van der Waals surface area contributed by atoms with E-state index in [4.69, 9.17) is 0 Å². The standard InChI is InChI=1S/C14H16FN3/c1-9(2)14-11-3-4-16-5-12(11)13(6-17-14)18-7-10(15)8-18/h3-6,9-10H,7-8H2,1-2H3. The number of halogens is 1. The molecule has 1 saturated heterocycles. The fourth-order valence-corrected chi connectivity index (χ4v) is 2.43. The van der Waals surface area contributed by atoms with E-state index in [0.717, 1.165) is 22.2 Å². The summed E-state index contributed by atoms with van der Waals surface area (Å²) in [7, 11) is 0. The van der Waals surface area contributed by atoms with Crippen LogP contribution in [0.3, 0.4) is 0 Å². The third-order valence-corrected chi connectivity index (χ3v) is 3.42. The molecule has 4 heteroatoms. The molecule has 1 fully saturated rings. The van der Waals surface area contributed by atoms with Crippen molar-refractivity contribution in [3.63, 3.8) is 0 Å². The molecule has 1 aliphatic heterocycles. The van der Waals surface area contributed by atoms with Gasteiger partial charge in [-0.2, -0.15) is 0 Å². The number of hydrogen-bond acceptors (Lipinski definition) is 3. The number of hydrogen-bond donors (Lipinski definition) is 0. The number of pyridine rings is 2. The van der Waals surface area contributed by atoms with Crippen molar-refractivity contribution in [2.75, 3.05) is 18.0 Å². The van der Waals surface area contributed by atoms with Crippen molar-refractivity contribution >= 4 is 16.5 Å². The maximum atomic E-state index is 13.0. The molecule has 0 amide bonds. The highest BCUT2D eigenvalue weighted by molar-refractivity contribution is 5.95. The first kappa shape index (κ1) is 11.4. The van der Waals surface area contributed by atoms with Gasteiger partial charge in [-0.1, -0.05) is 13.8 Å². The van der Waals surface area contributed by atoms with Crippen molar-refractivity contribution in [3.05, 3.63) is 30.4 Å². The van der Waals surface area contributed by atoms with E-state index in [0.29, 0.717) is 19.0 Å². The first-order chi connectivity index (χ1) is 8.66. The van der Waals surface area contributed by atoms with Crippen LogP contribution in [-0.2, 0) is 0 Å². The van der Waals surface area contributed by atoms with Crippen LogP contribution in [0.25, 0.3) is 10.8 Å². The third-order valence-electron chi connectivity index (χ3n) is 3.42. The second-order valence-corrected chi connectivity index (χ2v) is 5.11. The van der Waals surface area contributed by atoms with Crippen molar-refractivity contribution in [1.29, 1.82) is 0 Å². The smallest absolute Gasteiger partial charge is 0.135 e. The lowest BCUT2D eigenvalue weighted by Gasteiger charge is -2.37. The van der Waals surface area contributed by atoms with Crippen LogP contribution in [0.2, 0.25) is 0 Å². The van der Waals surface area contributed by atoms with Gasteiger partial charge in [-0.3, -0.25) is 9.97 Å². The molecule has 3 heterocycles. The van der Waals surface area contributed by atoms with Gasteiger partial charge in [0.1, 0.15) is 6.17 Å². The summed E-state index contributed by atoms with van der Waals surface area (Å²) >= 11 is 0. The van der Waals surface area contributed by atoms with Gasteiger partial charge in [0.2, 0.25) is 0 Å². The minimum absolute atomic E-state index is 0.370. The number of aromatic nitrogens is 2. The zero-order chi connectivity index (χ0) is 12.7. The minimum Gasteiger partial charge on any atom is -0.364 e. The summed E-state index contributed by atoms with van der Waals surface area (Å²) in [5.41, 5.74) is 2.07. The molecule has 2 aromatic rings. The molecule has 0 atom stereocenters. The van der Waals surface area contributed by atoms with Gasteiger partial charge in [-0.05, 0) is 12.0 Å². The summed E-state index contributed by atoms with van der Waals surface area (Å²) in [6.07, 6.45) is 4.78. The lowest BCUT2D eigenvalue weighted by Crippen LogP contribution is -2.48. The Balaban J connectivity index is 2.14. The van der Waals surface area contributed by atoms with E-state index in [2.05, 4.69) is 23.8 Å². The van der Waals surface area contributed by atoms with Crippen LogP contribution in [0.5, 0.6) is 0 Å². The summed E-state index contributed by atoms with van der Waals surface area (Å²) < 4.78 is 13.0. The molecule has 0 aromatic carbocycles. The quantitative estimate of drug-likeness (QED) is 0.814. The van der Waals surface area contributed by atoms with Gasteiger partial charge in [0, 0.05) is 23.2 Å². The highest BCUT2D eigenvalue weighted by Crippen LogP contribution is 2.32. The molecule has 0 bridgehead atoms. The molecular formula is C14H16FN3. The Morgan fingerprint density at radius 1 is 1.28 bits per heavy atom. The van der Waals surface area contributed by atoms with Crippen molar-refractivity contribution in [3.8, 4) is 0 Å². The van der Waals surface area contributed by atoms with Gasteiger partial charge >= 0.3 is 0 Å². The van der Waals surface area contributed by atoms with Crippen molar-refractivity contribution in [2.24, 2.45) is 0 Å². The molecule has 0 radical (unpaired) electrons. The topological polar surface area (TPSA) is 29.0 Å². The summed E-state index contributed by atoms with van der Waals surface area (Å²) in [4.78, 5) is 10.7. The largest absolute Gasteiger partial charge is 0.364 e. The minimum atomic E-state index is -0.707. The fourth-order valence-electron chi connectivity index (χ4n) is 2.43. The van der Waals surface area contributed by atoms with E-state index in [1.807, 2.05) is 23.4 Å². The highest BCUT2D eigenvalue weighted by atomic mass is 19.1. The summed E-state index contributed by atoms with van der Waals surface area (Å²) in [6, 6.07) is 1.99. The highest BCUT2D eigenvalue weighted by Gasteiger charge is 2.28. The predicted octanol–water partition coefficient (Wildman–Crippen LogP) is 2.91. The maximum absolute atomic E-state index is 13.0. The Hall–Kier alpha value is -1.71. The van der Waals surface area contributed by atoms with Gasteiger partial charge in [0.25, 0.3) is 0 Å². The Morgan fingerprint density at radius 2 is 2.06 bits per heavy atom. The molecule has 3 rings (SSSR count). The molecule has 0 aliphatic carbocycles. The molecule has 2 aromatic heterocycles. The normalized spacial score (nSPS) is 16.3. The Bertz CT molecular complexity index is 576. The van der Waals surface area contributed by atoms with Gasteiger partial charge in [-0.15, -0.1) is 0 Å². The second kappa shape index (κ2) is 4.19. The molecule has 0 N–H and O–H groups in total. The van der Waals surface area contributed by atoms with Crippen LogP contribution in [0.1, 0.15) is 25.5 Å². The van der Waals surface area contributed by atoms with Gasteiger partial charge in [0.05, 0.1) is 30.7 Å². The van der Waals surface area contributed by atoms with E-state index in [9.17, 15) is 4.39 Å². The molecule has 0 saturated carbocycles. The molecule has 1 aliphatic rings.